The maximum absolute atomic E-state index is 5.83. The summed E-state index contributed by atoms with van der Waals surface area (Å²) in [7, 11) is 0. The molecule has 0 aliphatic heterocycles. The molecule has 0 saturated heterocycles. The van der Waals surface area contributed by atoms with Crippen LogP contribution in [0, 0.1) is 17.3 Å². The van der Waals surface area contributed by atoms with Crippen LogP contribution in [0.1, 0.15) is 46.5 Å². The third-order valence-electron chi connectivity index (χ3n) is 3.32. The highest BCUT2D eigenvalue weighted by Gasteiger charge is 2.39. The number of hydrogen-bond acceptors (Lipinski definition) is 1. The number of nitrogens with two attached hydrogens (primary N) is 1. The zero-order chi connectivity index (χ0) is 9.19. The first-order valence-corrected chi connectivity index (χ1v) is 5.28. The average molecular weight is 169 g/mol. The van der Waals surface area contributed by atoms with E-state index in [9.17, 15) is 0 Å². The van der Waals surface area contributed by atoms with Crippen LogP contribution in [0.15, 0.2) is 0 Å². The van der Waals surface area contributed by atoms with Crippen molar-refractivity contribution in [3.05, 3.63) is 0 Å². The zero-order valence-electron chi connectivity index (χ0n) is 8.77. The predicted molar refractivity (Wildman–Crippen MR) is 54.0 cm³/mol. The predicted octanol–water partition coefficient (Wildman–Crippen LogP) is 2.80. The van der Waals surface area contributed by atoms with E-state index < -0.39 is 0 Å². The minimum Gasteiger partial charge on any atom is -0.330 e. The van der Waals surface area contributed by atoms with Gasteiger partial charge in [-0.25, -0.2) is 0 Å². The molecular weight excluding hydrogens is 146 g/mol. The Kier molecular flexibility index (Phi) is 3.16. The second-order valence-electron chi connectivity index (χ2n) is 5.06. The third-order valence-corrected chi connectivity index (χ3v) is 3.32. The molecule has 0 aromatic carbocycles. The van der Waals surface area contributed by atoms with Gasteiger partial charge in [0.2, 0.25) is 0 Å². The molecule has 0 bridgehead atoms. The molecule has 0 spiro atoms. The van der Waals surface area contributed by atoms with Gasteiger partial charge in [0.05, 0.1) is 0 Å². The normalized spacial score (nSPS) is 22.8. The molecule has 1 nitrogen and oxygen atoms in total. The summed E-state index contributed by atoms with van der Waals surface area (Å²) in [4.78, 5) is 0. The second kappa shape index (κ2) is 3.78. The van der Waals surface area contributed by atoms with Crippen molar-refractivity contribution < 1.29 is 0 Å². The molecule has 0 heterocycles. The van der Waals surface area contributed by atoms with Gasteiger partial charge in [-0.05, 0) is 43.1 Å². The standard InChI is InChI=1S/C11H23N/c1-9(2)6-7-11(3,8-12)10-4-5-10/h9-10H,4-8,12H2,1-3H3. The van der Waals surface area contributed by atoms with E-state index in [1.54, 1.807) is 0 Å². The van der Waals surface area contributed by atoms with Gasteiger partial charge in [-0.3, -0.25) is 0 Å². The van der Waals surface area contributed by atoms with E-state index in [-0.39, 0.29) is 0 Å². The van der Waals surface area contributed by atoms with Crippen LogP contribution in [0.5, 0.6) is 0 Å². The fourth-order valence-corrected chi connectivity index (χ4v) is 1.87. The molecular formula is C11H23N. The molecule has 1 saturated carbocycles. The molecule has 1 heteroatoms. The van der Waals surface area contributed by atoms with Crippen LogP contribution >= 0.6 is 0 Å². The van der Waals surface area contributed by atoms with E-state index in [0.717, 1.165) is 18.4 Å². The Morgan fingerprint density at radius 2 is 2.00 bits per heavy atom. The Labute approximate surface area is 76.7 Å². The van der Waals surface area contributed by atoms with Gasteiger partial charge in [0.1, 0.15) is 0 Å². The van der Waals surface area contributed by atoms with Gasteiger partial charge < -0.3 is 5.73 Å². The molecule has 0 aromatic heterocycles. The molecule has 1 aliphatic carbocycles. The quantitative estimate of drug-likeness (QED) is 0.673. The smallest absolute Gasteiger partial charge is 0.00205 e. The summed E-state index contributed by atoms with van der Waals surface area (Å²) in [6.07, 6.45) is 5.51. The molecule has 2 N–H and O–H groups in total. The van der Waals surface area contributed by atoms with E-state index in [1.807, 2.05) is 0 Å². The molecule has 1 fully saturated rings. The lowest BCUT2D eigenvalue weighted by atomic mass is 9.79. The van der Waals surface area contributed by atoms with Gasteiger partial charge in [-0.15, -0.1) is 0 Å². The molecule has 12 heavy (non-hydrogen) atoms. The Bertz CT molecular complexity index is 138. The Morgan fingerprint density at radius 1 is 1.42 bits per heavy atom. The van der Waals surface area contributed by atoms with Gasteiger partial charge in [-0.2, -0.15) is 0 Å². The van der Waals surface area contributed by atoms with E-state index in [0.29, 0.717) is 5.41 Å². The van der Waals surface area contributed by atoms with Gasteiger partial charge in [0.25, 0.3) is 0 Å². The number of hydrogen-bond donors (Lipinski definition) is 1. The monoisotopic (exact) mass is 169 g/mol. The fraction of sp³-hybridized carbons (Fsp3) is 1.00. The minimum atomic E-state index is 0.463. The molecule has 1 aliphatic rings. The molecule has 0 amide bonds. The first-order chi connectivity index (χ1) is 5.58. The van der Waals surface area contributed by atoms with Crippen molar-refractivity contribution in [3.63, 3.8) is 0 Å². The van der Waals surface area contributed by atoms with Crippen LogP contribution in [0.4, 0.5) is 0 Å². The van der Waals surface area contributed by atoms with Crippen molar-refractivity contribution in [2.75, 3.05) is 6.54 Å². The van der Waals surface area contributed by atoms with Crippen molar-refractivity contribution >= 4 is 0 Å². The molecule has 1 rings (SSSR count). The van der Waals surface area contributed by atoms with E-state index in [1.165, 1.54) is 25.7 Å². The first kappa shape index (κ1) is 10.0. The summed E-state index contributed by atoms with van der Waals surface area (Å²) >= 11 is 0. The lowest BCUT2D eigenvalue weighted by Crippen LogP contribution is -2.29. The first-order valence-electron chi connectivity index (χ1n) is 5.28. The maximum Gasteiger partial charge on any atom is -0.00205 e. The third kappa shape index (κ3) is 2.48. The van der Waals surface area contributed by atoms with Crippen molar-refractivity contribution in [3.8, 4) is 0 Å². The molecule has 72 valence electrons. The molecule has 0 aromatic rings. The summed E-state index contributed by atoms with van der Waals surface area (Å²) in [5.41, 5.74) is 6.30. The van der Waals surface area contributed by atoms with Crippen molar-refractivity contribution in [2.45, 2.75) is 46.5 Å². The zero-order valence-corrected chi connectivity index (χ0v) is 8.77. The summed E-state index contributed by atoms with van der Waals surface area (Å²) in [6.45, 7) is 7.84. The number of rotatable bonds is 5. The van der Waals surface area contributed by atoms with Crippen molar-refractivity contribution in [1.29, 1.82) is 0 Å². The molecule has 0 radical (unpaired) electrons. The minimum absolute atomic E-state index is 0.463. The van der Waals surface area contributed by atoms with Gasteiger partial charge >= 0.3 is 0 Å². The Morgan fingerprint density at radius 3 is 2.33 bits per heavy atom. The summed E-state index contributed by atoms with van der Waals surface area (Å²) in [6, 6.07) is 0. The van der Waals surface area contributed by atoms with Gasteiger partial charge in [-0.1, -0.05) is 27.2 Å². The lowest BCUT2D eigenvalue weighted by Gasteiger charge is -2.28. The van der Waals surface area contributed by atoms with Crippen molar-refractivity contribution in [1.82, 2.24) is 0 Å². The van der Waals surface area contributed by atoms with Gasteiger partial charge in [0, 0.05) is 0 Å². The largest absolute Gasteiger partial charge is 0.330 e. The summed E-state index contributed by atoms with van der Waals surface area (Å²) in [5, 5.41) is 0. The van der Waals surface area contributed by atoms with Crippen LogP contribution in [-0.2, 0) is 0 Å². The highest BCUT2D eigenvalue weighted by atomic mass is 14.6. The van der Waals surface area contributed by atoms with Crippen LogP contribution in [0.3, 0.4) is 0 Å². The maximum atomic E-state index is 5.83. The van der Waals surface area contributed by atoms with Crippen LogP contribution in [0.2, 0.25) is 0 Å². The molecule has 1 atom stereocenters. The summed E-state index contributed by atoms with van der Waals surface area (Å²) < 4.78 is 0. The highest BCUT2D eigenvalue weighted by Crippen LogP contribution is 2.47. The van der Waals surface area contributed by atoms with Crippen LogP contribution < -0.4 is 5.73 Å². The highest BCUT2D eigenvalue weighted by molar-refractivity contribution is 4.91. The van der Waals surface area contributed by atoms with E-state index in [4.69, 9.17) is 5.73 Å². The van der Waals surface area contributed by atoms with E-state index >= 15 is 0 Å². The Hall–Kier alpha value is -0.0400. The van der Waals surface area contributed by atoms with E-state index in [2.05, 4.69) is 20.8 Å². The molecule has 1 unspecified atom stereocenters. The fourth-order valence-electron chi connectivity index (χ4n) is 1.87. The van der Waals surface area contributed by atoms with Gasteiger partial charge in [0.15, 0.2) is 0 Å². The topological polar surface area (TPSA) is 26.0 Å². The average Bonchev–Trinajstić information content (AvgIpc) is 2.82. The van der Waals surface area contributed by atoms with Crippen molar-refractivity contribution in [2.24, 2.45) is 23.0 Å². The summed E-state index contributed by atoms with van der Waals surface area (Å²) in [5.74, 6) is 1.77. The van der Waals surface area contributed by atoms with Crippen LogP contribution in [0.25, 0.3) is 0 Å². The lowest BCUT2D eigenvalue weighted by molar-refractivity contribution is 0.240. The Balaban J connectivity index is 2.33. The van der Waals surface area contributed by atoms with Crippen LogP contribution in [-0.4, -0.2) is 6.54 Å². The second-order valence-corrected chi connectivity index (χ2v) is 5.06. The SMILES string of the molecule is CC(C)CCC(C)(CN)C1CC1.